The van der Waals surface area contributed by atoms with Crippen molar-refractivity contribution in [2.24, 2.45) is 0 Å². The lowest BCUT2D eigenvalue weighted by atomic mass is 10.2. The summed E-state index contributed by atoms with van der Waals surface area (Å²) in [5.74, 6) is -2.39. The maximum Gasteiger partial charge on any atom is 0.341 e. The third-order valence-electron chi connectivity index (χ3n) is 4.06. The minimum Gasteiger partial charge on any atom is -0.449 e. The van der Waals surface area contributed by atoms with Crippen LogP contribution in [-0.2, 0) is 19.4 Å². The van der Waals surface area contributed by atoms with Crippen molar-refractivity contribution in [3.63, 3.8) is 0 Å². The second kappa shape index (κ2) is 7.70. The van der Waals surface area contributed by atoms with Crippen molar-refractivity contribution < 1.29 is 27.1 Å². The summed E-state index contributed by atoms with van der Waals surface area (Å²) in [5.41, 5.74) is -0.324. The summed E-state index contributed by atoms with van der Waals surface area (Å²) in [6.07, 6.45) is -0.806. The highest BCUT2D eigenvalue weighted by atomic mass is 35.5. The molecule has 1 fully saturated rings. The molecule has 1 aliphatic heterocycles. The molecule has 0 unspecified atom stereocenters. The summed E-state index contributed by atoms with van der Waals surface area (Å²) in [6, 6.07) is 3.07. The number of halogens is 2. The molecule has 0 N–H and O–H groups in total. The van der Waals surface area contributed by atoms with Crippen molar-refractivity contribution in [2.75, 3.05) is 18.1 Å². The van der Waals surface area contributed by atoms with E-state index >= 15 is 0 Å². The number of sulfone groups is 1. The summed E-state index contributed by atoms with van der Waals surface area (Å²) in [6.45, 7) is 3.38. The Bertz CT molecular complexity index is 783. The first-order valence-corrected chi connectivity index (χ1v) is 10.0. The standard InChI is InChI=1S/C16H19ClFNO5S/c1-3-19(12-6-7-25(22,23)9-12)15(20)10(2)24-16(21)13-5-4-11(17)8-14(13)18/h4-5,8,10,12H,3,6-7,9H2,1-2H3/t10-,12-/m0/s1. The molecule has 9 heteroatoms. The van der Waals surface area contributed by atoms with Gasteiger partial charge in [-0.1, -0.05) is 11.6 Å². The fourth-order valence-electron chi connectivity index (χ4n) is 2.78. The molecule has 0 aromatic heterocycles. The number of rotatable bonds is 5. The Morgan fingerprint density at radius 2 is 2.12 bits per heavy atom. The number of carbonyl (C=O) groups is 2. The van der Waals surface area contributed by atoms with Crippen molar-refractivity contribution in [3.8, 4) is 0 Å². The van der Waals surface area contributed by atoms with E-state index in [9.17, 15) is 22.4 Å². The largest absolute Gasteiger partial charge is 0.449 e. The van der Waals surface area contributed by atoms with Crippen LogP contribution in [0.1, 0.15) is 30.6 Å². The number of carbonyl (C=O) groups excluding carboxylic acids is 2. The minimum absolute atomic E-state index is 0.0333. The van der Waals surface area contributed by atoms with Gasteiger partial charge in [-0.2, -0.15) is 0 Å². The molecule has 1 amide bonds. The van der Waals surface area contributed by atoms with Crippen molar-refractivity contribution in [3.05, 3.63) is 34.6 Å². The molecule has 0 saturated carbocycles. The van der Waals surface area contributed by atoms with Gasteiger partial charge in [0.2, 0.25) is 0 Å². The molecular formula is C16H19ClFNO5S. The van der Waals surface area contributed by atoms with Crippen molar-refractivity contribution in [2.45, 2.75) is 32.4 Å². The van der Waals surface area contributed by atoms with E-state index in [1.165, 1.54) is 24.0 Å². The molecule has 2 rings (SSSR count). The monoisotopic (exact) mass is 391 g/mol. The van der Waals surface area contributed by atoms with Crippen LogP contribution in [0.4, 0.5) is 4.39 Å². The Hall–Kier alpha value is -1.67. The van der Waals surface area contributed by atoms with E-state index in [1.54, 1.807) is 6.92 Å². The van der Waals surface area contributed by atoms with Crippen LogP contribution in [0.5, 0.6) is 0 Å². The summed E-state index contributed by atoms with van der Waals surface area (Å²) < 4.78 is 42.0. The zero-order valence-corrected chi connectivity index (χ0v) is 15.4. The first-order valence-electron chi connectivity index (χ1n) is 7.81. The lowest BCUT2D eigenvalue weighted by molar-refractivity contribution is -0.141. The van der Waals surface area contributed by atoms with Crippen LogP contribution in [0, 0.1) is 5.82 Å². The lowest BCUT2D eigenvalue weighted by Gasteiger charge is -2.29. The molecule has 0 aliphatic carbocycles. The molecule has 2 atom stereocenters. The molecule has 6 nitrogen and oxygen atoms in total. The topological polar surface area (TPSA) is 80.8 Å². The number of benzene rings is 1. The maximum absolute atomic E-state index is 13.8. The van der Waals surface area contributed by atoms with Gasteiger partial charge in [0.1, 0.15) is 5.82 Å². The van der Waals surface area contributed by atoms with Gasteiger partial charge in [0, 0.05) is 17.6 Å². The predicted molar refractivity (Wildman–Crippen MR) is 90.7 cm³/mol. The van der Waals surface area contributed by atoms with E-state index in [2.05, 4.69) is 0 Å². The number of amides is 1. The Labute approximate surface area is 150 Å². The molecule has 0 radical (unpaired) electrons. The van der Waals surface area contributed by atoms with E-state index in [4.69, 9.17) is 16.3 Å². The second-order valence-electron chi connectivity index (χ2n) is 5.85. The number of hydrogen-bond donors (Lipinski definition) is 0. The summed E-state index contributed by atoms with van der Waals surface area (Å²) in [7, 11) is -3.15. The van der Waals surface area contributed by atoms with E-state index in [0.717, 1.165) is 6.07 Å². The third kappa shape index (κ3) is 4.70. The van der Waals surface area contributed by atoms with E-state index in [0.29, 0.717) is 6.42 Å². The first kappa shape index (κ1) is 19.7. The minimum atomic E-state index is -3.15. The molecule has 1 saturated heterocycles. The normalized spacial score (nSPS) is 20.1. The van der Waals surface area contributed by atoms with Gasteiger partial charge in [-0.05, 0) is 38.5 Å². The number of nitrogens with zero attached hydrogens (tertiary/aromatic N) is 1. The van der Waals surface area contributed by atoms with Crippen LogP contribution in [0.3, 0.4) is 0 Å². The summed E-state index contributed by atoms with van der Waals surface area (Å²) >= 11 is 5.63. The number of ether oxygens (including phenoxy) is 1. The maximum atomic E-state index is 13.8. The van der Waals surface area contributed by atoms with E-state index in [1.807, 2.05) is 0 Å². The van der Waals surface area contributed by atoms with Crippen LogP contribution in [0.15, 0.2) is 18.2 Å². The average Bonchev–Trinajstić information content (AvgIpc) is 2.87. The Morgan fingerprint density at radius 1 is 1.44 bits per heavy atom. The second-order valence-corrected chi connectivity index (χ2v) is 8.52. The molecule has 138 valence electrons. The molecule has 1 aromatic rings. The molecule has 0 bridgehead atoms. The number of hydrogen-bond acceptors (Lipinski definition) is 5. The van der Waals surface area contributed by atoms with Gasteiger partial charge in [-0.15, -0.1) is 0 Å². The number of likely N-dealkylation sites (N-methyl/N-ethyl adjacent to an activating group) is 1. The van der Waals surface area contributed by atoms with Crippen LogP contribution < -0.4 is 0 Å². The van der Waals surface area contributed by atoms with Gasteiger partial charge in [0.25, 0.3) is 5.91 Å². The van der Waals surface area contributed by atoms with Crippen molar-refractivity contribution >= 4 is 33.3 Å². The van der Waals surface area contributed by atoms with Gasteiger partial charge in [0.15, 0.2) is 15.9 Å². The van der Waals surface area contributed by atoms with E-state index < -0.39 is 39.7 Å². The highest BCUT2D eigenvalue weighted by molar-refractivity contribution is 7.91. The van der Waals surface area contributed by atoms with Gasteiger partial charge >= 0.3 is 5.97 Å². The Balaban J connectivity index is 2.06. The Kier molecular flexibility index (Phi) is 6.05. The van der Waals surface area contributed by atoms with E-state index in [-0.39, 0.29) is 28.6 Å². The third-order valence-corrected chi connectivity index (χ3v) is 6.04. The molecule has 1 heterocycles. The van der Waals surface area contributed by atoms with Crippen molar-refractivity contribution in [1.82, 2.24) is 4.90 Å². The first-order chi connectivity index (χ1) is 11.6. The van der Waals surface area contributed by atoms with Crippen LogP contribution in [0.25, 0.3) is 0 Å². The van der Waals surface area contributed by atoms with Gasteiger partial charge in [-0.3, -0.25) is 4.79 Å². The van der Waals surface area contributed by atoms with Gasteiger partial charge in [-0.25, -0.2) is 17.6 Å². The highest BCUT2D eigenvalue weighted by Gasteiger charge is 2.36. The molecule has 25 heavy (non-hydrogen) atoms. The Morgan fingerprint density at radius 3 is 2.64 bits per heavy atom. The fraction of sp³-hybridized carbons (Fsp3) is 0.500. The van der Waals surface area contributed by atoms with Crippen molar-refractivity contribution in [1.29, 1.82) is 0 Å². The molecule has 1 aliphatic rings. The van der Waals surface area contributed by atoms with Gasteiger partial charge < -0.3 is 9.64 Å². The van der Waals surface area contributed by atoms with Crippen LogP contribution >= 0.6 is 11.6 Å². The lowest BCUT2D eigenvalue weighted by Crippen LogP contribution is -2.46. The quantitative estimate of drug-likeness (QED) is 0.718. The molecule has 0 spiro atoms. The summed E-state index contributed by atoms with van der Waals surface area (Å²) in [4.78, 5) is 26.0. The van der Waals surface area contributed by atoms with Crippen LogP contribution in [0.2, 0.25) is 5.02 Å². The summed E-state index contributed by atoms with van der Waals surface area (Å²) in [5, 5.41) is 0.137. The zero-order chi connectivity index (χ0) is 18.8. The average molecular weight is 392 g/mol. The molecule has 1 aromatic carbocycles. The highest BCUT2D eigenvalue weighted by Crippen LogP contribution is 2.20. The SMILES string of the molecule is CCN(C(=O)[C@H](C)OC(=O)c1ccc(Cl)cc1F)[C@H]1CCS(=O)(=O)C1. The van der Waals surface area contributed by atoms with Crippen LogP contribution in [-0.4, -0.2) is 55.4 Å². The molecular weight excluding hydrogens is 373 g/mol. The zero-order valence-electron chi connectivity index (χ0n) is 13.9. The predicted octanol–water partition coefficient (Wildman–Crippen LogP) is 2.06. The van der Waals surface area contributed by atoms with Gasteiger partial charge in [0.05, 0.1) is 17.1 Å². The number of esters is 1. The smallest absolute Gasteiger partial charge is 0.341 e. The fourth-order valence-corrected chi connectivity index (χ4v) is 4.67.